The van der Waals surface area contributed by atoms with Crippen LogP contribution in [0.25, 0.3) is 0 Å². The Kier molecular flexibility index (Phi) is 3.34. The summed E-state index contributed by atoms with van der Waals surface area (Å²) in [5.74, 6) is 1.79. The number of aliphatic hydroxyl groups excluding tert-OH is 1. The third-order valence-electron chi connectivity index (χ3n) is 4.10. The van der Waals surface area contributed by atoms with Crippen LogP contribution in [-0.2, 0) is 22.8 Å². The number of aromatic nitrogens is 3. The molecule has 2 atom stereocenters. The summed E-state index contributed by atoms with van der Waals surface area (Å²) in [5.41, 5.74) is 0. The summed E-state index contributed by atoms with van der Waals surface area (Å²) >= 11 is 0. The van der Waals surface area contributed by atoms with E-state index in [4.69, 9.17) is 0 Å². The van der Waals surface area contributed by atoms with E-state index in [1.807, 2.05) is 0 Å². The van der Waals surface area contributed by atoms with Crippen molar-refractivity contribution in [3.63, 3.8) is 0 Å². The van der Waals surface area contributed by atoms with Crippen LogP contribution in [0.15, 0.2) is 0 Å². The average molecular weight is 285 g/mol. The van der Waals surface area contributed by atoms with E-state index >= 15 is 0 Å². The van der Waals surface area contributed by atoms with Gasteiger partial charge in [-0.25, -0.2) is 18.1 Å². The van der Waals surface area contributed by atoms with Gasteiger partial charge in [-0.15, -0.1) is 0 Å². The van der Waals surface area contributed by atoms with Crippen LogP contribution in [0.2, 0.25) is 0 Å². The van der Waals surface area contributed by atoms with E-state index in [0.29, 0.717) is 18.8 Å². The van der Waals surface area contributed by atoms with Crippen molar-refractivity contribution in [2.24, 2.45) is 5.92 Å². The fourth-order valence-electron chi connectivity index (χ4n) is 2.92. The van der Waals surface area contributed by atoms with Gasteiger partial charge in [0, 0.05) is 25.5 Å². The fourth-order valence-corrected chi connectivity index (χ4v) is 4.76. The first-order valence-electron chi connectivity index (χ1n) is 6.86. The quantitative estimate of drug-likeness (QED) is 0.854. The van der Waals surface area contributed by atoms with Crippen LogP contribution in [0, 0.1) is 5.92 Å². The molecular formula is C12H19N3O3S. The summed E-state index contributed by atoms with van der Waals surface area (Å²) < 4.78 is 26.0. The summed E-state index contributed by atoms with van der Waals surface area (Å²) in [7, 11) is -3.08. The first kappa shape index (κ1) is 13.1. The van der Waals surface area contributed by atoms with E-state index < -0.39 is 15.1 Å². The van der Waals surface area contributed by atoms with E-state index in [1.165, 1.54) is 0 Å². The largest absolute Gasteiger partial charge is 0.396 e. The summed E-state index contributed by atoms with van der Waals surface area (Å²) in [6.07, 6.45) is 3.97. The Morgan fingerprint density at radius 1 is 1.32 bits per heavy atom. The molecule has 2 unspecified atom stereocenters. The highest BCUT2D eigenvalue weighted by molar-refractivity contribution is 7.91. The third kappa shape index (κ3) is 2.41. The van der Waals surface area contributed by atoms with Gasteiger partial charge in [0.25, 0.3) is 0 Å². The molecule has 106 valence electrons. The molecule has 3 rings (SSSR count). The van der Waals surface area contributed by atoms with Crippen molar-refractivity contribution in [3.05, 3.63) is 11.6 Å². The highest BCUT2D eigenvalue weighted by atomic mass is 32.2. The molecule has 0 aliphatic carbocycles. The SMILES string of the molecule is O=S1(=O)CCCCC1c1nc2n(n1)CC(CO)CC2. The van der Waals surface area contributed by atoms with E-state index in [2.05, 4.69) is 10.1 Å². The lowest BCUT2D eigenvalue weighted by atomic mass is 10.0. The standard InChI is InChI=1S/C12H19N3O3S/c16-8-9-4-5-11-13-12(14-15(11)7-9)10-3-1-2-6-19(10,17)18/h9-10,16H,1-8H2. The number of aryl methyl sites for hydroxylation is 1. The van der Waals surface area contributed by atoms with Crippen molar-refractivity contribution in [2.45, 2.75) is 43.9 Å². The van der Waals surface area contributed by atoms with E-state index in [-0.39, 0.29) is 18.3 Å². The molecule has 19 heavy (non-hydrogen) atoms. The molecule has 2 aliphatic rings. The van der Waals surface area contributed by atoms with E-state index in [1.54, 1.807) is 4.68 Å². The van der Waals surface area contributed by atoms with E-state index in [0.717, 1.165) is 31.5 Å². The molecule has 1 aromatic heterocycles. The molecule has 0 bridgehead atoms. The fraction of sp³-hybridized carbons (Fsp3) is 0.833. The minimum Gasteiger partial charge on any atom is -0.396 e. The average Bonchev–Trinajstić information content (AvgIpc) is 2.80. The van der Waals surface area contributed by atoms with Crippen LogP contribution >= 0.6 is 0 Å². The van der Waals surface area contributed by atoms with Gasteiger partial charge in [-0.3, -0.25) is 0 Å². The van der Waals surface area contributed by atoms with Crippen LogP contribution in [0.5, 0.6) is 0 Å². The molecule has 0 spiro atoms. The zero-order chi connectivity index (χ0) is 13.5. The molecule has 7 heteroatoms. The van der Waals surface area contributed by atoms with Gasteiger partial charge in [0.1, 0.15) is 11.1 Å². The van der Waals surface area contributed by atoms with Gasteiger partial charge in [-0.05, 0) is 19.3 Å². The van der Waals surface area contributed by atoms with Gasteiger partial charge in [0.15, 0.2) is 15.7 Å². The molecule has 1 aromatic rings. The maximum atomic E-state index is 12.1. The Labute approximate surface area is 112 Å². The third-order valence-corrected chi connectivity index (χ3v) is 6.27. The van der Waals surface area contributed by atoms with Crippen LogP contribution in [0.4, 0.5) is 0 Å². The summed E-state index contributed by atoms with van der Waals surface area (Å²) in [6.45, 7) is 0.794. The van der Waals surface area contributed by atoms with Gasteiger partial charge in [0.2, 0.25) is 0 Å². The van der Waals surface area contributed by atoms with Gasteiger partial charge in [-0.1, -0.05) is 6.42 Å². The molecule has 6 nitrogen and oxygen atoms in total. The molecule has 1 fully saturated rings. The number of nitrogens with zero attached hydrogens (tertiary/aromatic N) is 3. The Bertz CT molecular complexity index is 567. The van der Waals surface area contributed by atoms with Crippen molar-refractivity contribution in [1.82, 2.24) is 14.8 Å². The number of aliphatic hydroxyl groups is 1. The van der Waals surface area contributed by atoms with E-state index in [9.17, 15) is 13.5 Å². The zero-order valence-corrected chi connectivity index (χ0v) is 11.6. The molecule has 0 amide bonds. The summed E-state index contributed by atoms with van der Waals surface area (Å²) in [6, 6.07) is 0. The number of hydrogen-bond acceptors (Lipinski definition) is 5. The number of hydrogen-bond donors (Lipinski definition) is 1. The van der Waals surface area contributed by atoms with Crippen molar-refractivity contribution < 1.29 is 13.5 Å². The second-order valence-electron chi connectivity index (χ2n) is 5.51. The van der Waals surface area contributed by atoms with Gasteiger partial charge in [-0.2, -0.15) is 5.10 Å². The predicted molar refractivity (Wildman–Crippen MR) is 69.3 cm³/mol. The smallest absolute Gasteiger partial charge is 0.169 e. The first-order valence-corrected chi connectivity index (χ1v) is 8.58. The molecule has 0 radical (unpaired) electrons. The lowest BCUT2D eigenvalue weighted by Gasteiger charge is -2.20. The minimum atomic E-state index is -3.08. The van der Waals surface area contributed by atoms with Gasteiger partial charge in [0.05, 0.1) is 5.75 Å². The van der Waals surface area contributed by atoms with Crippen molar-refractivity contribution in [1.29, 1.82) is 0 Å². The Morgan fingerprint density at radius 3 is 2.89 bits per heavy atom. The molecule has 3 heterocycles. The number of rotatable bonds is 2. The summed E-state index contributed by atoms with van der Waals surface area (Å²) in [5, 5.41) is 13.1. The predicted octanol–water partition coefficient (Wildman–Crippen LogP) is 0.473. The second kappa shape index (κ2) is 4.86. The monoisotopic (exact) mass is 285 g/mol. The van der Waals surface area contributed by atoms with Crippen LogP contribution in [-0.4, -0.2) is 40.6 Å². The Morgan fingerprint density at radius 2 is 2.16 bits per heavy atom. The Hall–Kier alpha value is -0.950. The maximum Gasteiger partial charge on any atom is 0.169 e. The number of fused-ring (bicyclic) bond motifs is 1. The number of sulfone groups is 1. The minimum absolute atomic E-state index is 0.149. The van der Waals surface area contributed by atoms with Gasteiger partial charge < -0.3 is 5.11 Å². The summed E-state index contributed by atoms with van der Waals surface area (Å²) in [4.78, 5) is 4.43. The molecule has 1 saturated heterocycles. The maximum absolute atomic E-state index is 12.1. The van der Waals surface area contributed by atoms with Gasteiger partial charge >= 0.3 is 0 Å². The van der Waals surface area contributed by atoms with Crippen LogP contribution in [0.1, 0.15) is 42.6 Å². The molecular weight excluding hydrogens is 266 g/mol. The Balaban J connectivity index is 1.89. The topological polar surface area (TPSA) is 85.1 Å². The normalized spacial score (nSPS) is 29.9. The van der Waals surface area contributed by atoms with Crippen LogP contribution < -0.4 is 0 Å². The highest BCUT2D eigenvalue weighted by Gasteiger charge is 2.34. The molecule has 1 N–H and O–H groups in total. The van der Waals surface area contributed by atoms with Crippen molar-refractivity contribution in [2.75, 3.05) is 12.4 Å². The van der Waals surface area contributed by atoms with Crippen molar-refractivity contribution in [3.8, 4) is 0 Å². The second-order valence-corrected chi connectivity index (χ2v) is 7.81. The highest BCUT2D eigenvalue weighted by Crippen LogP contribution is 2.32. The molecule has 2 aliphatic heterocycles. The van der Waals surface area contributed by atoms with Crippen LogP contribution in [0.3, 0.4) is 0 Å². The van der Waals surface area contributed by atoms with Crippen molar-refractivity contribution >= 4 is 9.84 Å². The lowest BCUT2D eigenvalue weighted by molar-refractivity contribution is 0.185. The lowest BCUT2D eigenvalue weighted by Crippen LogP contribution is -2.24. The molecule has 0 aromatic carbocycles. The zero-order valence-electron chi connectivity index (χ0n) is 10.8. The first-order chi connectivity index (χ1) is 9.10. The molecule has 0 saturated carbocycles.